The fraction of sp³-hybridized carbons (Fsp3) is 0.600. The summed E-state index contributed by atoms with van der Waals surface area (Å²) < 4.78 is 22.6. The maximum absolute atomic E-state index is 12.6. The Morgan fingerprint density at radius 2 is 1.09 bits per heavy atom. The normalized spacial score (nSPS) is 17.5. The van der Waals surface area contributed by atoms with E-state index in [0.717, 1.165) is 0 Å². The summed E-state index contributed by atoms with van der Waals surface area (Å²) in [6, 6.07) is 5.83. The molecule has 1 aliphatic rings. The number of carbonyl (C=O) groups is 6. The van der Waals surface area contributed by atoms with Gasteiger partial charge in [0, 0.05) is 70.4 Å². The van der Waals surface area contributed by atoms with Crippen molar-refractivity contribution >= 4 is 56.6 Å². The molecule has 0 aliphatic carbocycles. The summed E-state index contributed by atoms with van der Waals surface area (Å²) in [7, 11) is -9.66. The molecule has 1 heterocycles. The van der Waals surface area contributed by atoms with E-state index in [9.17, 15) is 58.3 Å². The van der Waals surface area contributed by atoms with E-state index in [-0.39, 0.29) is 78.2 Å². The zero-order valence-corrected chi connectivity index (χ0v) is 31.2. The van der Waals surface area contributed by atoms with Gasteiger partial charge in [-0.05, 0) is 30.5 Å². The first-order valence-electron chi connectivity index (χ1n) is 16.6. The highest BCUT2D eigenvalue weighted by atomic mass is 31.2. The highest BCUT2D eigenvalue weighted by molar-refractivity contribution is 7.52. The molecule has 0 radical (unpaired) electrons. The lowest BCUT2D eigenvalue weighted by molar-refractivity contribution is -0.142. The Morgan fingerprint density at radius 1 is 0.648 bits per heavy atom. The minimum Gasteiger partial charge on any atom is -0.480 e. The monoisotopic (exact) mass is 810 g/mol. The molecule has 1 unspecified atom stereocenters. The molecular weight excluding hydrogens is 762 g/mol. The van der Waals surface area contributed by atoms with Gasteiger partial charge in [0.1, 0.15) is 12.6 Å². The fourth-order valence-electron chi connectivity index (χ4n) is 5.78. The second-order valence-corrected chi connectivity index (χ2v) is 16.1. The van der Waals surface area contributed by atoms with Crippen molar-refractivity contribution in [2.45, 2.75) is 31.7 Å². The Morgan fingerprint density at radius 3 is 1.56 bits per heavy atom. The average molecular weight is 811 g/mol. The molecule has 24 heteroatoms. The van der Waals surface area contributed by atoms with Gasteiger partial charge in [0.15, 0.2) is 0 Å². The van der Waals surface area contributed by atoms with Crippen molar-refractivity contribution in [2.75, 3.05) is 89.9 Å². The van der Waals surface area contributed by atoms with Gasteiger partial charge in [0.25, 0.3) is 0 Å². The third-order valence-corrected chi connectivity index (χ3v) is 9.55. The van der Waals surface area contributed by atoms with Crippen LogP contribution in [0.1, 0.15) is 24.8 Å². The van der Waals surface area contributed by atoms with Crippen LogP contribution in [0.25, 0.3) is 0 Å². The molecule has 1 saturated heterocycles. The van der Waals surface area contributed by atoms with Gasteiger partial charge in [0.05, 0.1) is 26.2 Å². The summed E-state index contributed by atoms with van der Waals surface area (Å²) in [5.74, 6) is -6.04. The fourth-order valence-corrected chi connectivity index (χ4v) is 7.34. The highest BCUT2D eigenvalue weighted by Gasteiger charge is 2.30. The quantitative estimate of drug-likeness (QED) is 0.0708. The number of nitrogens with zero attached hydrogens (tertiary/aromatic N) is 5. The summed E-state index contributed by atoms with van der Waals surface area (Å²) >= 11 is 0. The minimum atomic E-state index is -4.83. The van der Waals surface area contributed by atoms with E-state index in [4.69, 9.17) is 19.6 Å². The second kappa shape index (κ2) is 21.9. The smallest absolute Gasteiger partial charge is 0.344 e. The summed E-state index contributed by atoms with van der Waals surface area (Å²) in [6.07, 6.45) is -2.94. The molecule has 22 nitrogen and oxygen atoms in total. The zero-order valence-electron chi connectivity index (χ0n) is 29.4. The number of anilines is 1. The number of amides is 2. The molecule has 0 spiro atoms. The molecule has 1 aliphatic heterocycles. The minimum absolute atomic E-state index is 0.0659. The van der Waals surface area contributed by atoms with Crippen LogP contribution in [0, 0.1) is 0 Å². The predicted octanol–water partition coefficient (Wildman–Crippen LogP) is -1.63. The lowest BCUT2D eigenvalue weighted by Gasteiger charge is -2.37. The third kappa shape index (κ3) is 20.0. The van der Waals surface area contributed by atoms with Crippen LogP contribution in [0.5, 0.6) is 0 Å². The van der Waals surface area contributed by atoms with Crippen LogP contribution in [0.15, 0.2) is 24.3 Å². The Hall–Kier alpha value is -3.82. The topological polar surface area (TPSA) is 327 Å². The van der Waals surface area contributed by atoms with E-state index in [1.165, 1.54) is 0 Å². The molecule has 54 heavy (non-hydrogen) atoms. The third-order valence-electron chi connectivity index (χ3n) is 8.13. The van der Waals surface area contributed by atoms with Gasteiger partial charge in [-0.3, -0.25) is 57.5 Å². The van der Waals surface area contributed by atoms with E-state index < -0.39 is 89.0 Å². The Labute approximate surface area is 310 Å². The van der Waals surface area contributed by atoms with Gasteiger partial charge < -0.3 is 50.2 Å². The number of carboxylic acid groups (broad SMARTS) is 4. The number of rotatable bonds is 19. The van der Waals surface area contributed by atoms with Gasteiger partial charge in [-0.1, -0.05) is 12.1 Å². The van der Waals surface area contributed by atoms with Crippen molar-refractivity contribution in [1.82, 2.24) is 24.5 Å². The number of aliphatic carboxylic acids is 4. The van der Waals surface area contributed by atoms with Crippen molar-refractivity contribution in [3.8, 4) is 0 Å². The van der Waals surface area contributed by atoms with E-state index in [2.05, 4.69) is 5.32 Å². The molecule has 0 aromatic heterocycles. The number of hydrogen-bond donors (Lipinski definition) is 9. The van der Waals surface area contributed by atoms with E-state index >= 15 is 0 Å². The van der Waals surface area contributed by atoms with Crippen LogP contribution in [0.3, 0.4) is 0 Å². The van der Waals surface area contributed by atoms with E-state index in [1.54, 1.807) is 43.9 Å². The molecule has 304 valence electrons. The highest BCUT2D eigenvalue weighted by Crippen LogP contribution is 2.41. The number of nitrogens with one attached hydrogen (secondary N) is 1. The van der Waals surface area contributed by atoms with Crippen LogP contribution in [-0.4, -0.2) is 191 Å². The van der Waals surface area contributed by atoms with Crippen molar-refractivity contribution in [1.29, 1.82) is 0 Å². The molecule has 1 aromatic rings. The maximum atomic E-state index is 12.6. The molecular formula is C30H48N6O16P2. The number of hydrogen-bond acceptors (Lipinski definition) is 12. The van der Waals surface area contributed by atoms with Crippen molar-refractivity contribution < 1.29 is 77.9 Å². The Kier molecular flexibility index (Phi) is 18.8. The molecule has 1 fully saturated rings. The van der Waals surface area contributed by atoms with Crippen molar-refractivity contribution in [3.05, 3.63) is 29.8 Å². The van der Waals surface area contributed by atoms with Crippen molar-refractivity contribution in [2.24, 2.45) is 0 Å². The zero-order chi connectivity index (χ0) is 40.6. The Balaban J connectivity index is 2.21. The summed E-state index contributed by atoms with van der Waals surface area (Å²) in [5, 5.41) is 40.9. The van der Waals surface area contributed by atoms with Gasteiger partial charge in [-0.15, -0.1) is 0 Å². The first-order chi connectivity index (χ1) is 25.1. The van der Waals surface area contributed by atoms with Crippen LogP contribution in [0.4, 0.5) is 5.69 Å². The van der Waals surface area contributed by atoms with Crippen LogP contribution < -0.4 is 5.32 Å². The predicted molar refractivity (Wildman–Crippen MR) is 189 cm³/mol. The van der Waals surface area contributed by atoms with Gasteiger partial charge in [-0.2, -0.15) is 0 Å². The van der Waals surface area contributed by atoms with Crippen molar-refractivity contribution in [3.63, 3.8) is 0 Å². The average Bonchev–Trinajstić information content (AvgIpc) is 3.01. The number of carbonyl (C=O) groups excluding carboxylic acids is 2. The molecule has 1 atom stereocenters. The van der Waals surface area contributed by atoms with Gasteiger partial charge in [-0.25, -0.2) is 0 Å². The van der Waals surface area contributed by atoms with E-state index in [1.807, 2.05) is 0 Å². The number of benzene rings is 1. The summed E-state index contributed by atoms with van der Waals surface area (Å²) in [4.78, 5) is 115. The Bertz CT molecular complexity index is 1530. The first-order valence-corrected chi connectivity index (χ1v) is 20.2. The van der Waals surface area contributed by atoms with Crippen LogP contribution in [0.2, 0.25) is 0 Å². The molecule has 0 bridgehead atoms. The first kappa shape index (κ1) is 46.3. The number of carboxylic acids is 4. The second-order valence-electron chi connectivity index (χ2n) is 12.8. The summed E-state index contributed by atoms with van der Waals surface area (Å²) in [5.41, 5.74) is 1.02. The standard InChI is InChI=1S/C30H48N6O16P2/c37-25(2-1-3-26(38)36(20-53(47,48)49)21-54(50,51)52)31-23-6-4-22(5-7-23)14-24-15-34(18-29(43)44)11-10-32(16-27(39)40)8-9-33(17-28(41)42)12-13-35(24)19-30(45)46/h4-7,24H,1-3,8-21H2,(H,31,37)(H,39,40)(H,41,42)(H,43,44)(H,45,46)(H2,47,48,49)(H2,50,51,52). The molecule has 0 saturated carbocycles. The lowest BCUT2D eigenvalue weighted by atomic mass is 10.0. The molecule has 9 N–H and O–H groups in total. The van der Waals surface area contributed by atoms with Crippen LogP contribution >= 0.6 is 15.2 Å². The summed E-state index contributed by atoms with van der Waals surface area (Å²) in [6.45, 7) is -0.672. The van der Waals surface area contributed by atoms with E-state index in [0.29, 0.717) is 16.2 Å². The van der Waals surface area contributed by atoms with Gasteiger partial charge in [0.2, 0.25) is 11.8 Å². The largest absolute Gasteiger partial charge is 0.480 e. The lowest BCUT2D eigenvalue weighted by Crippen LogP contribution is -2.53. The molecule has 1 aromatic carbocycles. The molecule has 2 amide bonds. The molecule has 2 rings (SSSR count). The SMILES string of the molecule is O=C(O)CN1CCN(CC(=O)O)CCN(CC(=O)O)C(Cc2ccc(NC(=O)CCCC(=O)N(CP(=O)(O)O)CP(=O)(O)O)cc2)CN(CC(=O)O)CC1. The maximum Gasteiger partial charge on any atom is 0.344 e. The van der Waals surface area contributed by atoms with Crippen LogP contribution in [-0.2, 0) is 44.3 Å². The van der Waals surface area contributed by atoms with Gasteiger partial charge >= 0.3 is 39.1 Å².